The van der Waals surface area contributed by atoms with Gasteiger partial charge in [-0.1, -0.05) is 18.5 Å². The Balaban J connectivity index is 2.39. The molecule has 2 unspecified atom stereocenters. The van der Waals surface area contributed by atoms with Gasteiger partial charge in [0.2, 0.25) is 10.0 Å². The van der Waals surface area contributed by atoms with Crippen molar-refractivity contribution in [2.24, 2.45) is 5.92 Å². The average molecular weight is 313 g/mol. The first-order valence-electron chi connectivity index (χ1n) is 6.57. The van der Waals surface area contributed by atoms with Crippen LogP contribution in [-0.4, -0.2) is 25.3 Å². The molecule has 0 N–H and O–H groups in total. The summed E-state index contributed by atoms with van der Waals surface area (Å²) in [5.74, 6) is 0.356. The predicted molar refractivity (Wildman–Crippen MR) is 77.9 cm³/mol. The molecule has 0 aliphatic carbocycles. The summed E-state index contributed by atoms with van der Waals surface area (Å²) in [7, 11) is -3.55. The summed E-state index contributed by atoms with van der Waals surface area (Å²) < 4.78 is 26.9. The lowest BCUT2D eigenvalue weighted by atomic mass is 9.97. The maximum absolute atomic E-state index is 12.7. The van der Waals surface area contributed by atoms with Gasteiger partial charge in [0, 0.05) is 12.6 Å². The second-order valence-electron chi connectivity index (χ2n) is 5.36. The molecule has 20 heavy (non-hydrogen) atoms. The van der Waals surface area contributed by atoms with E-state index in [-0.39, 0.29) is 21.5 Å². The molecule has 1 aromatic rings. The van der Waals surface area contributed by atoms with Crippen molar-refractivity contribution in [3.8, 4) is 6.07 Å². The normalized spacial score (nSPS) is 24.3. The zero-order valence-electron chi connectivity index (χ0n) is 11.5. The van der Waals surface area contributed by atoms with Gasteiger partial charge in [0.1, 0.15) is 6.07 Å². The third-order valence-electron chi connectivity index (χ3n) is 3.73. The average Bonchev–Trinajstić information content (AvgIpc) is 2.41. The molecule has 1 aliphatic rings. The largest absolute Gasteiger partial charge is 0.243 e. The van der Waals surface area contributed by atoms with Crippen molar-refractivity contribution in [3.63, 3.8) is 0 Å². The predicted octanol–water partition coefficient (Wildman–Crippen LogP) is 3.02. The fourth-order valence-corrected chi connectivity index (χ4v) is 4.56. The molecular formula is C14H17ClN2O2S. The van der Waals surface area contributed by atoms with Crippen LogP contribution in [0.2, 0.25) is 5.02 Å². The Morgan fingerprint density at radius 3 is 2.65 bits per heavy atom. The van der Waals surface area contributed by atoms with Crippen molar-refractivity contribution in [3.05, 3.63) is 28.8 Å². The number of rotatable bonds is 2. The molecule has 2 rings (SSSR count). The Hall–Kier alpha value is -1.09. The van der Waals surface area contributed by atoms with Crippen LogP contribution in [0.5, 0.6) is 0 Å². The highest BCUT2D eigenvalue weighted by Crippen LogP contribution is 2.29. The zero-order valence-corrected chi connectivity index (χ0v) is 13.1. The van der Waals surface area contributed by atoms with Gasteiger partial charge in [0.15, 0.2) is 0 Å². The third kappa shape index (κ3) is 2.83. The molecule has 0 saturated carbocycles. The first kappa shape index (κ1) is 15.3. The van der Waals surface area contributed by atoms with E-state index in [4.69, 9.17) is 16.9 Å². The minimum Gasteiger partial charge on any atom is -0.207 e. The van der Waals surface area contributed by atoms with Crippen LogP contribution in [0, 0.1) is 17.2 Å². The highest BCUT2D eigenvalue weighted by atomic mass is 35.5. The molecule has 1 aromatic carbocycles. The molecule has 0 spiro atoms. The Kier molecular flexibility index (Phi) is 4.38. The van der Waals surface area contributed by atoms with Crippen molar-refractivity contribution in [1.82, 2.24) is 4.31 Å². The standard InChI is InChI=1S/C14H17ClN2O2S/c1-10-3-4-11(2)17(9-10)20(18,19)13-6-5-12(8-16)14(15)7-13/h5-7,10-11H,3-4,9H2,1-2H3. The lowest BCUT2D eigenvalue weighted by Crippen LogP contribution is -2.44. The molecule has 1 fully saturated rings. The summed E-state index contributed by atoms with van der Waals surface area (Å²) in [4.78, 5) is 0.155. The fourth-order valence-electron chi connectivity index (χ4n) is 2.47. The Morgan fingerprint density at radius 2 is 2.05 bits per heavy atom. The van der Waals surface area contributed by atoms with Gasteiger partial charge in [-0.25, -0.2) is 8.42 Å². The van der Waals surface area contributed by atoms with Gasteiger partial charge < -0.3 is 0 Å². The second-order valence-corrected chi connectivity index (χ2v) is 7.66. The maximum atomic E-state index is 12.7. The van der Waals surface area contributed by atoms with Crippen LogP contribution < -0.4 is 0 Å². The first-order valence-corrected chi connectivity index (χ1v) is 8.39. The van der Waals surface area contributed by atoms with E-state index in [1.807, 2.05) is 13.0 Å². The van der Waals surface area contributed by atoms with Crippen molar-refractivity contribution in [2.75, 3.05) is 6.54 Å². The number of hydrogen-bond acceptors (Lipinski definition) is 3. The highest BCUT2D eigenvalue weighted by Gasteiger charge is 2.33. The first-order chi connectivity index (χ1) is 9.36. The molecular weight excluding hydrogens is 296 g/mol. The van der Waals surface area contributed by atoms with Gasteiger partial charge in [-0.05, 0) is 43.9 Å². The molecule has 0 radical (unpaired) electrons. The zero-order chi connectivity index (χ0) is 14.9. The summed E-state index contributed by atoms with van der Waals surface area (Å²) in [6.07, 6.45) is 1.91. The number of sulfonamides is 1. The van der Waals surface area contributed by atoms with E-state index in [9.17, 15) is 8.42 Å². The molecule has 4 nitrogen and oxygen atoms in total. The molecule has 108 valence electrons. The molecule has 2 atom stereocenters. The molecule has 0 amide bonds. The van der Waals surface area contributed by atoms with E-state index in [0.717, 1.165) is 12.8 Å². The van der Waals surface area contributed by atoms with Crippen LogP contribution in [0.3, 0.4) is 0 Å². The van der Waals surface area contributed by atoms with Gasteiger partial charge in [0.25, 0.3) is 0 Å². The molecule has 0 bridgehead atoms. The lowest BCUT2D eigenvalue weighted by Gasteiger charge is -2.35. The van der Waals surface area contributed by atoms with E-state index in [2.05, 4.69) is 6.92 Å². The Morgan fingerprint density at radius 1 is 1.35 bits per heavy atom. The number of halogens is 1. The summed E-state index contributed by atoms with van der Waals surface area (Å²) in [6, 6.07) is 6.18. The van der Waals surface area contributed by atoms with E-state index in [1.54, 1.807) is 4.31 Å². The fraction of sp³-hybridized carbons (Fsp3) is 0.500. The van der Waals surface area contributed by atoms with Crippen LogP contribution in [0.4, 0.5) is 0 Å². The summed E-state index contributed by atoms with van der Waals surface area (Å²) in [5.41, 5.74) is 0.283. The van der Waals surface area contributed by atoms with Crippen molar-refractivity contribution < 1.29 is 8.42 Å². The quantitative estimate of drug-likeness (QED) is 0.843. The SMILES string of the molecule is CC1CCC(C)N(S(=O)(=O)c2ccc(C#N)c(Cl)c2)C1. The van der Waals surface area contributed by atoms with Crippen LogP contribution >= 0.6 is 11.6 Å². The molecule has 1 aliphatic heterocycles. The minimum absolute atomic E-state index is 0.00869. The van der Waals surface area contributed by atoms with Crippen LogP contribution in [0.25, 0.3) is 0 Å². The van der Waals surface area contributed by atoms with Crippen molar-refractivity contribution in [1.29, 1.82) is 5.26 Å². The highest BCUT2D eigenvalue weighted by molar-refractivity contribution is 7.89. The van der Waals surface area contributed by atoms with Gasteiger partial charge in [-0.3, -0.25) is 0 Å². The summed E-state index contributed by atoms with van der Waals surface area (Å²) in [5, 5.41) is 9.02. The van der Waals surface area contributed by atoms with Gasteiger partial charge in [-0.2, -0.15) is 9.57 Å². The number of benzene rings is 1. The minimum atomic E-state index is -3.55. The lowest BCUT2D eigenvalue weighted by molar-refractivity contribution is 0.218. The number of nitriles is 1. The Labute approximate surface area is 125 Å². The van der Waals surface area contributed by atoms with E-state index in [0.29, 0.717) is 12.5 Å². The van der Waals surface area contributed by atoms with Crippen LogP contribution in [-0.2, 0) is 10.0 Å². The molecule has 0 aromatic heterocycles. The second kappa shape index (κ2) is 5.72. The number of nitrogens with zero attached hydrogens (tertiary/aromatic N) is 2. The maximum Gasteiger partial charge on any atom is 0.243 e. The van der Waals surface area contributed by atoms with Gasteiger partial charge >= 0.3 is 0 Å². The molecule has 1 heterocycles. The van der Waals surface area contributed by atoms with Gasteiger partial charge in [0.05, 0.1) is 15.5 Å². The Bertz CT molecular complexity index is 652. The molecule has 6 heteroatoms. The van der Waals surface area contributed by atoms with Crippen molar-refractivity contribution >= 4 is 21.6 Å². The summed E-state index contributed by atoms with van der Waals surface area (Å²) >= 11 is 5.93. The van der Waals surface area contributed by atoms with E-state index < -0.39 is 10.0 Å². The molecule has 1 saturated heterocycles. The summed E-state index contributed by atoms with van der Waals surface area (Å²) in [6.45, 7) is 4.51. The van der Waals surface area contributed by atoms with Crippen molar-refractivity contribution in [2.45, 2.75) is 37.6 Å². The van der Waals surface area contributed by atoms with Crippen LogP contribution in [0.1, 0.15) is 32.3 Å². The number of piperidine rings is 1. The monoisotopic (exact) mass is 312 g/mol. The smallest absolute Gasteiger partial charge is 0.207 e. The number of hydrogen-bond donors (Lipinski definition) is 0. The van der Waals surface area contributed by atoms with E-state index >= 15 is 0 Å². The van der Waals surface area contributed by atoms with Gasteiger partial charge in [-0.15, -0.1) is 0 Å². The topological polar surface area (TPSA) is 61.2 Å². The van der Waals surface area contributed by atoms with E-state index in [1.165, 1.54) is 18.2 Å². The third-order valence-corrected chi connectivity index (χ3v) is 6.02. The van der Waals surface area contributed by atoms with Crippen LogP contribution in [0.15, 0.2) is 23.1 Å².